The Bertz CT molecular complexity index is 494. The lowest BCUT2D eigenvalue weighted by Crippen LogP contribution is -2.07. The van der Waals surface area contributed by atoms with Crippen LogP contribution in [0.15, 0.2) is 36.4 Å². The molecule has 0 aromatic carbocycles. The van der Waals surface area contributed by atoms with Crippen molar-refractivity contribution in [1.29, 1.82) is 0 Å². The maximum absolute atomic E-state index is 7.29. The highest BCUT2D eigenvalue weighted by atomic mass is 31.0. The molecule has 2 rings (SSSR count). The van der Waals surface area contributed by atoms with Crippen molar-refractivity contribution in [2.75, 3.05) is 10.2 Å². The zero-order valence-electron chi connectivity index (χ0n) is 11.9. The lowest BCUT2D eigenvalue weighted by molar-refractivity contribution is 1.21. The van der Waals surface area contributed by atoms with Gasteiger partial charge in [0, 0.05) is 5.69 Å². The van der Waals surface area contributed by atoms with E-state index in [0.29, 0.717) is 23.5 Å². The average molecular weight is 278 g/mol. The van der Waals surface area contributed by atoms with Crippen molar-refractivity contribution >= 4 is 43.9 Å². The van der Waals surface area contributed by atoms with Crippen LogP contribution in [0.3, 0.4) is 0 Å². The summed E-state index contributed by atoms with van der Waals surface area (Å²) in [6.45, 7) is 1.86. The molecule has 0 fully saturated rings. The van der Waals surface area contributed by atoms with Crippen molar-refractivity contribution in [1.82, 2.24) is 9.97 Å². The maximum Gasteiger partial charge on any atom is 0.141 e. The highest BCUT2D eigenvalue weighted by molar-refractivity contribution is 7.18. The number of aromatic nitrogens is 2. The molecule has 2 aromatic heterocycles. The molecule has 2 atom stereocenters. The number of hydrogen-bond donors (Lipinski definition) is 2. The minimum Gasteiger partial charge on any atom is -0.355 e. The molecule has 2 unspecified atom stereocenters. The van der Waals surface area contributed by atoms with Crippen molar-refractivity contribution in [3.63, 3.8) is 0 Å². The van der Waals surface area contributed by atoms with Crippen LogP contribution in [0.5, 0.6) is 0 Å². The summed E-state index contributed by atoms with van der Waals surface area (Å²) < 4.78 is 14.5. The fourth-order valence-electron chi connectivity index (χ4n) is 1.05. The molecule has 0 saturated carbocycles. The zero-order chi connectivity index (χ0) is 15.1. The topological polar surface area (TPSA) is 49.8 Å². The Labute approximate surface area is 116 Å². The maximum atomic E-state index is 7.29. The van der Waals surface area contributed by atoms with Gasteiger partial charge in [-0.05, 0) is 49.5 Å². The molecule has 92 valence electrons. The van der Waals surface area contributed by atoms with Crippen LogP contribution < -0.4 is 15.8 Å². The Morgan fingerprint density at radius 2 is 1.61 bits per heavy atom. The van der Waals surface area contributed by atoms with Crippen LogP contribution in [0.2, 0.25) is 0 Å². The van der Waals surface area contributed by atoms with E-state index in [9.17, 15) is 0 Å². The van der Waals surface area contributed by atoms with E-state index in [1.165, 1.54) is 6.07 Å². The normalized spacial score (nSPS) is 10.6. The lowest BCUT2D eigenvalue weighted by Gasteiger charge is -1.97. The fourth-order valence-corrected chi connectivity index (χ4v) is 1.35. The number of anilines is 2. The van der Waals surface area contributed by atoms with Gasteiger partial charge in [0.1, 0.15) is 19.5 Å². The molecular formula is C11H15BN4P2. The molecule has 7 heteroatoms. The second-order valence-electron chi connectivity index (χ2n) is 3.26. The molecule has 0 amide bonds. The summed E-state index contributed by atoms with van der Waals surface area (Å²) in [5.74, 6) is 1.31. The molecule has 2 heterocycles. The molecule has 2 aromatic rings. The third kappa shape index (κ3) is 5.44. The van der Waals surface area contributed by atoms with Crippen molar-refractivity contribution in [3.8, 4) is 0 Å². The fraction of sp³-hybridized carbons (Fsp3) is 0.0909. The number of nitrogens with zero attached hydrogens (tertiary/aromatic N) is 2. The van der Waals surface area contributed by atoms with Crippen molar-refractivity contribution in [3.05, 3.63) is 42.0 Å². The monoisotopic (exact) mass is 278 g/mol. The first-order chi connectivity index (χ1) is 9.44. The number of nitrogens with one attached hydrogen (secondary N) is 2. The first kappa shape index (κ1) is 11.9. The summed E-state index contributed by atoms with van der Waals surface area (Å²) in [6.07, 6.45) is 0. The minimum atomic E-state index is 0.359. The Hall–Kier alpha value is -1.18. The second kappa shape index (κ2) is 8.02. The van der Waals surface area contributed by atoms with Crippen LogP contribution in [-0.2, 0) is 0 Å². The largest absolute Gasteiger partial charge is 0.355 e. The van der Waals surface area contributed by atoms with Gasteiger partial charge in [-0.15, -0.1) is 0 Å². The van der Waals surface area contributed by atoms with E-state index in [0.717, 1.165) is 11.5 Å². The van der Waals surface area contributed by atoms with Gasteiger partial charge in [-0.1, -0.05) is 18.2 Å². The number of hydrogen-bond acceptors (Lipinski definition) is 4. The second-order valence-corrected chi connectivity index (χ2v) is 3.84. The summed E-state index contributed by atoms with van der Waals surface area (Å²) in [7, 11) is 9.98. The minimum absolute atomic E-state index is 0.359. The quantitative estimate of drug-likeness (QED) is 0.648. The molecule has 2 radical (unpaired) electrons. The van der Waals surface area contributed by atoms with Crippen molar-refractivity contribution < 1.29 is 2.74 Å². The van der Waals surface area contributed by atoms with Crippen LogP contribution in [0, 0.1) is 6.92 Å². The first-order valence-electron chi connectivity index (χ1n) is 6.07. The van der Waals surface area contributed by atoms with Gasteiger partial charge in [-0.2, -0.15) is 0 Å². The zero-order valence-corrected chi connectivity index (χ0v) is 12.2. The predicted molar refractivity (Wildman–Crippen MR) is 85.3 cm³/mol. The lowest BCUT2D eigenvalue weighted by atomic mass is 10.0. The molecule has 0 bridgehead atoms. The molecule has 0 aliphatic heterocycles. The smallest absolute Gasteiger partial charge is 0.141 e. The molecular weight excluding hydrogens is 261 g/mol. The Morgan fingerprint density at radius 3 is 2.11 bits per heavy atom. The summed E-state index contributed by atoms with van der Waals surface area (Å²) in [5, 5.41) is 5.51. The molecule has 2 N–H and O–H groups in total. The van der Waals surface area contributed by atoms with E-state index in [-0.39, 0.29) is 0 Å². The molecule has 18 heavy (non-hydrogen) atoms. The Balaban J connectivity index is 0.000000200. The van der Waals surface area contributed by atoms with Crippen LogP contribution in [0.4, 0.5) is 11.6 Å². The summed E-state index contributed by atoms with van der Waals surface area (Å²) in [5.41, 5.74) is 1.22. The van der Waals surface area contributed by atoms with Gasteiger partial charge < -0.3 is 10.2 Å². The van der Waals surface area contributed by atoms with Crippen molar-refractivity contribution in [2.45, 2.75) is 6.92 Å². The SMILES string of the molecule is [2H]c1cc(C)nc(NP)c1.[2H]c1cc([B])nc(NP)c1. The van der Waals surface area contributed by atoms with Gasteiger partial charge in [0.15, 0.2) is 0 Å². The van der Waals surface area contributed by atoms with Crippen LogP contribution in [0.25, 0.3) is 0 Å². The van der Waals surface area contributed by atoms with Gasteiger partial charge in [-0.25, -0.2) is 9.97 Å². The molecule has 0 saturated heterocycles. The van der Waals surface area contributed by atoms with Crippen LogP contribution in [0.1, 0.15) is 8.44 Å². The average Bonchev–Trinajstić information content (AvgIpc) is 2.37. The van der Waals surface area contributed by atoms with Crippen LogP contribution in [-0.4, -0.2) is 17.8 Å². The van der Waals surface area contributed by atoms with E-state index in [1.54, 1.807) is 18.2 Å². The number of rotatable bonds is 2. The Kier molecular flexibility index (Phi) is 5.30. The van der Waals surface area contributed by atoms with Gasteiger partial charge in [0.2, 0.25) is 0 Å². The summed E-state index contributed by atoms with van der Waals surface area (Å²) in [4.78, 5) is 7.98. The van der Waals surface area contributed by atoms with E-state index >= 15 is 0 Å². The van der Waals surface area contributed by atoms with Gasteiger partial charge in [0.25, 0.3) is 0 Å². The van der Waals surface area contributed by atoms with Gasteiger partial charge in [-0.3, -0.25) is 0 Å². The third-order valence-electron chi connectivity index (χ3n) is 1.81. The Morgan fingerprint density at radius 1 is 1.06 bits per heavy atom. The van der Waals surface area contributed by atoms with Crippen molar-refractivity contribution in [2.24, 2.45) is 0 Å². The molecule has 0 aliphatic rings. The highest BCUT2D eigenvalue weighted by Gasteiger charge is 1.87. The van der Waals surface area contributed by atoms with Gasteiger partial charge >= 0.3 is 0 Å². The van der Waals surface area contributed by atoms with E-state index in [2.05, 4.69) is 38.9 Å². The standard InChI is InChI=1S/C6H9N2P.C5H6BN2P/c1-5-3-2-4-6(7-5)8-9;6-4-2-1-3-5(7-4)8-9/h2-4H,9H2,1H3,(H,7,8);1-3H,9H2,(H,7,8)/i2D;1D. The molecule has 0 aliphatic carbocycles. The number of pyridine rings is 2. The summed E-state index contributed by atoms with van der Waals surface area (Å²) >= 11 is 0. The molecule has 0 spiro atoms. The third-order valence-corrected chi connectivity index (χ3v) is 2.40. The van der Waals surface area contributed by atoms with Gasteiger partial charge in [0.05, 0.1) is 2.74 Å². The van der Waals surface area contributed by atoms with E-state index in [1.807, 2.05) is 6.92 Å². The van der Waals surface area contributed by atoms with E-state index < -0.39 is 0 Å². The molecule has 4 nitrogen and oxygen atoms in total. The first-order valence-corrected chi connectivity index (χ1v) is 6.22. The summed E-state index contributed by atoms with van der Waals surface area (Å²) in [6, 6.07) is 7.30. The highest BCUT2D eigenvalue weighted by Crippen LogP contribution is 2.04. The van der Waals surface area contributed by atoms with E-state index in [4.69, 9.17) is 10.6 Å². The number of aryl methyl sites for hydroxylation is 1. The predicted octanol–water partition coefficient (Wildman–Crippen LogP) is 1.67. The van der Waals surface area contributed by atoms with Crippen LogP contribution >= 0.6 is 18.8 Å².